The highest BCUT2D eigenvalue weighted by atomic mass is 32.1. The fraction of sp³-hybridized carbons (Fsp3) is 0.278. The van der Waals surface area contributed by atoms with Crippen molar-refractivity contribution in [2.45, 2.75) is 18.9 Å². The average Bonchev–Trinajstić information content (AvgIpc) is 3.41. The summed E-state index contributed by atoms with van der Waals surface area (Å²) in [6.45, 7) is 1.27. The van der Waals surface area contributed by atoms with Crippen LogP contribution < -0.4 is 5.73 Å². The lowest BCUT2D eigenvalue weighted by Gasteiger charge is -2.22. The molecule has 7 heteroatoms. The van der Waals surface area contributed by atoms with Crippen LogP contribution in [0.25, 0.3) is 16.3 Å². The first-order chi connectivity index (χ1) is 12.3. The highest BCUT2D eigenvalue weighted by Crippen LogP contribution is 2.26. The fourth-order valence-corrected chi connectivity index (χ4v) is 3.92. The summed E-state index contributed by atoms with van der Waals surface area (Å²) in [6, 6.07) is 10.0. The Morgan fingerprint density at radius 3 is 2.96 bits per heavy atom. The maximum absolute atomic E-state index is 12.7. The zero-order valence-electron chi connectivity index (χ0n) is 13.7. The molecule has 6 nitrogen and oxygen atoms in total. The quantitative estimate of drug-likeness (QED) is 0.782. The van der Waals surface area contributed by atoms with E-state index in [-0.39, 0.29) is 11.9 Å². The van der Waals surface area contributed by atoms with Gasteiger partial charge < -0.3 is 10.6 Å². The van der Waals surface area contributed by atoms with Gasteiger partial charge in [0.05, 0.1) is 11.9 Å². The van der Waals surface area contributed by atoms with Gasteiger partial charge in [0.1, 0.15) is 10.7 Å². The van der Waals surface area contributed by atoms with Crippen molar-refractivity contribution in [3.63, 3.8) is 0 Å². The number of carbonyl (C=O) groups is 1. The second-order valence-electron chi connectivity index (χ2n) is 6.08. The number of likely N-dealkylation sites (tertiary alicyclic amines) is 1. The number of hydrogen-bond donors (Lipinski definition) is 1. The second-order valence-corrected chi connectivity index (χ2v) is 6.94. The van der Waals surface area contributed by atoms with Crippen molar-refractivity contribution in [1.82, 2.24) is 19.7 Å². The lowest BCUT2D eigenvalue weighted by Crippen LogP contribution is -2.40. The molecule has 1 aliphatic rings. The van der Waals surface area contributed by atoms with Crippen LogP contribution in [0.3, 0.4) is 0 Å². The summed E-state index contributed by atoms with van der Waals surface area (Å²) in [6.07, 6.45) is 5.69. The first kappa shape index (κ1) is 16.0. The van der Waals surface area contributed by atoms with Crippen molar-refractivity contribution in [2.24, 2.45) is 5.73 Å². The summed E-state index contributed by atoms with van der Waals surface area (Å²) in [7, 11) is 0. The molecule has 25 heavy (non-hydrogen) atoms. The Labute approximate surface area is 149 Å². The monoisotopic (exact) mass is 353 g/mol. The van der Waals surface area contributed by atoms with Gasteiger partial charge in [0.2, 0.25) is 0 Å². The highest BCUT2D eigenvalue weighted by molar-refractivity contribution is 7.13. The molecule has 0 bridgehead atoms. The van der Waals surface area contributed by atoms with Crippen molar-refractivity contribution >= 4 is 17.2 Å². The standard InChI is InChI=1S/C18H19N5OS/c19-9-15-7-4-8-22(15)18(24)16-12-25-17(21-16)13-10-20-23(11-13)14-5-2-1-3-6-14/h1-3,5-6,10-12,15H,4,7-9,19H2. The van der Waals surface area contributed by atoms with Gasteiger partial charge in [-0.25, -0.2) is 9.67 Å². The van der Waals surface area contributed by atoms with E-state index in [1.807, 2.05) is 51.5 Å². The molecule has 1 aliphatic heterocycles. The van der Waals surface area contributed by atoms with Crippen LogP contribution >= 0.6 is 11.3 Å². The Hall–Kier alpha value is -2.51. The van der Waals surface area contributed by atoms with Crippen molar-refractivity contribution in [3.05, 3.63) is 53.8 Å². The largest absolute Gasteiger partial charge is 0.333 e. The van der Waals surface area contributed by atoms with Crippen molar-refractivity contribution in [3.8, 4) is 16.3 Å². The fourth-order valence-electron chi connectivity index (χ4n) is 3.15. The molecule has 0 saturated carbocycles. The van der Waals surface area contributed by atoms with Crippen LogP contribution in [-0.2, 0) is 0 Å². The minimum absolute atomic E-state index is 0.0223. The van der Waals surface area contributed by atoms with Crippen LogP contribution in [0.4, 0.5) is 0 Å². The van der Waals surface area contributed by atoms with Crippen LogP contribution in [0.2, 0.25) is 0 Å². The van der Waals surface area contributed by atoms with Crippen LogP contribution in [0.5, 0.6) is 0 Å². The Kier molecular flexibility index (Phi) is 4.33. The number of para-hydroxylation sites is 1. The van der Waals surface area contributed by atoms with Gasteiger partial charge in [-0.3, -0.25) is 4.79 Å². The summed E-state index contributed by atoms with van der Waals surface area (Å²) in [5, 5.41) is 7.01. The lowest BCUT2D eigenvalue weighted by molar-refractivity contribution is 0.0736. The number of aromatic nitrogens is 3. The summed E-state index contributed by atoms with van der Waals surface area (Å²) >= 11 is 1.46. The van der Waals surface area contributed by atoms with E-state index >= 15 is 0 Å². The Balaban J connectivity index is 1.56. The second kappa shape index (κ2) is 6.78. The molecule has 0 radical (unpaired) electrons. The van der Waals surface area contributed by atoms with Crippen LogP contribution in [-0.4, -0.2) is 44.7 Å². The third-order valence-corrected chi connectivity index (χ3v) is 5.38. The lowest BCUT2D eigenvalue weighted by atomic mass is 10.2. The van der Waals surface area contributed by atoms with Gasteiger partial charge in [-0.1, -0.05) is 18.2 Å². The van der Waals surface area contributed by atoms with E-state index in [1.165, 1.54) is 11.3 Å². The van der Waals surface area contributed by atoms with Gasteiger partial charge >= 0.3 is 0 Å². The van der Waals surface area contributed by atoms with Crippen molar-refractivity contribution in [2.75, 3.05) is 13.1 Å². The van der Waals surface area contributed by atoms with Gasteiger partial charge in [-0.2, -0.15) is 5.10 Å². The number of nitrogens with zero attached hydrogens (tertiary/aromatic N) is 4. The van der Waals surface area contributed by atoms with Crippen LogP contribution in [0, 0.1) is 0 Å². The van der Waals surface area contributed by atoms with E-state index in [0.29, 0.717) is 12.2 Å². The SMILES string of the molecule is NCC1CCCN1C(=O)c1csc(-c2cnn(-c3ccccc3)c2)n1. The molecule has 1 unspecified atom stereocenters. The molecule has 1 amide bonds. The average molecular weight is 353 g/mol. The van der Waals surface area contributed by atoms with E-state index in [2.05, 4.69) is 10.1 Å². The van der Waals surface area contributed by atoms with E-state index in [0.717, 1.165) is 35.6 Å². The minimum atomic E-state index is -0.0223. The van der Waals surface area contributed by atoms with E-state index in [4.69, 9.17) is 5.73 Å². The molecule has 128 valence electrons. The van der Waals surface area contributed by atoms with Gasteiger partial charge in [0.25, 0.3) is 5.91 Å². The molecule has 1 aromatic carbocycles. The number of benzene rings is 1. The van der Waals surface area contributed by atoms with Crippen LogP contribution in [0.15, 0.2) is 48.1 Å². The maximum Gasteiger partial charge on any atom is 0.273 e. The highest BCUT2D eigenvalue weighted by Gasteiger charge is 2.29. The predicted molar refractivity (Wildman–Crippen MR) is 97.8 cm³/mol. The molecule has 1 fully saturated rings. The number of amides is 1. The molecular formula is C18H19N5OS. The van der Waals surface area contributed by atoms with Crippen molar-refractivity contribution in [1.29, 1.82) is 0 Å². The van der Waals surface area contributed by atoms with E-state index < -0.39 is 0 Å². The van der Waals surface area contributed by atoms with Crippen LogP contribution in [0.1, 0.15) is 23.3 Å². The topological polar surface area (TPSA) is 77.0 Å². The van der Waals surface area contributed by atoms with E-state index in [9.17, 15) is 4.79 Å². The molecule has 0 spiro atoms. The number of carbonyl (C=O) groups excluding carboxylic acids is 1. The molecule has 2 aromatic heterocycles. The zero-order valence-corrected chi connectivity index (χ0v) is 14.5. The van der Waals surface area contributed by atoms with Gasteiger partial charge in [0.15, 0.2) is 0 Å². The molecule has 1 atom stereocenters. The number of rotatable bonds is 4. The zero-order chi connectivity index (χ0) is 17.2. The third-order valence-electron chi connectivity index (χ3n) is 4.48. The Morgan fingerprint density at radius 2 is 2.16 bits per heavy atom. The number of nitrogens with two attached hydrogens (primary N) is 1. The first-order valence-corrected chi connectivity index (χ1v) is 9.21. The van der Waals surface area contributed by atoms with E-state index in [1.54, 1.807) is 6.20 Å². The number of hydrogen-bond acceptors (Lipinski definition) is 5. The summed E-state index contributed by atoms with van der Waals surface area (Å²) in [4.78, 5) is 19.1. The summed E-state index contributed by atoms with van der Waals surface area (Å²) < 4.78 is 1.81. The molecule has 3 aromatic rings. The molecule has 2 N–H and O–H groups in total. The Morgan fingerprint density at radius 1 is 1.32 bits per heavy atom. The minimum Gasteiger partial charge on any atom is -0.333 e. The normalized spacial score (nSPS) is 17.2. The molecular weight excluding hydrogens is 334 g/mol. The summed E-state index contributed by atoms with van der Waals surface area (Å²) in [5.74, 6) is -0.0223. The molecule has 3 heterocycles. The number of thiazole rings is 1. The maximum atomic E-state index is 12.7. The molecule has 1 saturated heterocycles. The summed E-state index contributed by atoms with van der Waals surface area (Å²) in [5.41, 5.74) is 8.16. The smallest absolute Gasteiger partial charge is 0.273 e. The first-order valence-electron chi connectivity index (χ1n) is 8.33. The Bertz CT molecular complexity index is 872. The van der Waals surface area contributed by atoms with Gasteiger partial charge in [0, 0.05) is 36.3 Å². The van der Waals surface area contributed by atoms with Gasteiger partial charge in [-0.15, -0.1) is 11.3 Å². The van der Waals surface area contributed by atoms with Gasteiger partial charge in [-0.05, 0) is 25.0 Å². The third kappa shape index (κ3) is 3.08. The molecule has 0 aliphatic carbocycles. The van der Waals surface area contributed by atoms with Crippen molar-refractivity contribution < 1.29 is 4.79 Å². The molecule has 4 rings (SSSR count). The predicted octanol–water partition coefficient (Wildman–Crippen LogP) is 2.56.